The average molecular weight is 251 g/mol. The summed E-state index contributed by atoms with van der Waals surface area (Å²) < 4.78 is 0. The number of carbonyl (C=O) groups is 1. The lowest BCUT2D eigenvalue weighted by atomic mass is 10.1. The van der Waals surface area contributed by atoms with Gasteiger partial charge in [-0.1, -0.05) is 19.1 Å². The third-order valence-electron chi connectivity index (χ3n) is 2.48. The molecule has 0 aliphatic rings. The number of benzene rings is 1. The lowest BCUT2D eigenvalue weighted by Gasteiger charge is -2.05. The van der Waals surface area contributed by atoms with E-state index in [1.807, 2.05) is 11.8 Å². The number of rotatable bonds is 8. The lowest BCUT2D eigenvalue weighted by Crippen LogP contribution is -2.20. The summed E-state index contributed by atoms with van der Waals surface area (Å²) in [5.41, 5.74) is 1.35. The third kappa shape index (κ3) is 6.49. The van der Waals surface area contributed by atoms with Crippen molar-refractivity contribution in [3.63, 3.8) is 0 Å². The fraction of sp³-hybridized carbons (Fsp3) is 0.500. The summed E-state index contributed by atoms with van der Waals surface area (Å²) in [5.74, 6) is 1.37. The minimum absolute atomic E-state index is 0.249. The van der Waals surface area contributed by atoms with E-state index >= 15 is 0 Å². The molecular weight excluding hydrogens is 230 g/mol. The van der Waals surface area contributed by atoms with Gasteiger partial charge in [0, 0.05) is 17.9 Å². The SMILES string of the molecule is CCSc1ccc(CCNCCC(C)=O)cc1. The molecule has 0 spiro atoms. The van der Waals surface area contributed by atoms with Gasteiger partial charge in [-0.2, -0.15) is 0 Å². The maximum absolute atomic E-state index is 10.7. The van der Waals surface area contributed by atoms with Crippen LogP contribution in [0.3, 0.4) is 0 Å². The van der Waals surface area contributed by atoms with Crippen LogP contribution in [0.25, 0.3) is 0 Å². The van der Waals surface area contributed by atoms with Crippen LogP contribution >= 0.6 is 11.8 Å². The van der Waals surface area contributed by atoms with Crippen molar-refractivity contribution >= 4 is 17.5 Å². The second-order valence-corrected chi connectivity index (χ2v) is 5.37. The van der Waals surface area contributed by atoms with Crippen molar-refractivity contribution in [2.45, 2.75) is 31.6 Å². The molecule has 0 aliphatic carbocycles. The first-order valence-corrected chi connectivity index (χ1v) is 7.13. The average Bonchev–Trinajstić information content (AvgIpc) is 2.31. The molecule has 0 heterocycles. The lowest BCUT2D eigenvalue weighted by molar-refractivity contribution is -0.116. The van der Waals surface area contributed by atoms with Crippen LogP contribution in [0.5, 0.6) is 0 Å². The quantitative estimate of drug-likeness (QED) is 0.569. The molecule has 1 aromatic rings. The van der Waals surface area contributed by atoms with Gasteiger partial charge in [-0.3, -0.25) is 4.79 Å². The number of hydrogen-bond donors (Lipinski definition) is 1. The van der Waals surface area contributed by atoms with Crippen molar-refractivity contribution in [1.82, 2.24) is 5.32 Å². The Kier molecular flexibility index (Phi) is 6.97. The Morgan fingerprint density at radius 2 is 1.94 bits per heavy atom. The number of hydrogen-bond acceptors (Lipinski definition) is 3. The van der Waals surface area contributed by atoms with Gasteiger partial charge in [0.15, 0.2) is 0 Å². The monoisotopic (exact) mass is 251 g/mol. The van der Waals surface area contributed by atoms with E-state index in [1.165, 1.54) is 10.5 Å². The molecule has 3 heteroatoms. The van der Waals surface area contributed by atoms with Crippen LogP contribution in [-0.2, 0) is 11.2 Å². The van der Waals surface area contributed by atoms with E-state index in [9.17, 15) is 4.79 Å². The highest BCUT2D eigenvalue weighted by molar-refractivity contribution is 7.99. The summed E-state index contributed by atoms with van der Waals surface area (Å²) in [6.45, 7) is 5.52. The first kappa shape index (κ1) is 14.3. The molecule has 0 fully saturated rings. The standard InChI is InChI=1S/C14H21NOS/c1-3-17-14-6-4-13(5-7-14)9-11-15-10-8-12(2)16/h4-7,15H,3,8-11H2,1-2H3. The molecule has 0 aromatic heterocycles. The van der Waals surface area contributed by atoms with Crippen LogP contribution in [0.15, 0.2) is 29.2 Å². The molecule has 1 rings (SSSR count). The largest absolute Gasteiger partial charge is 0.316 e. The first-order valence-electron chi connectivity index (χ1n) is 6.14. The van der Waals surface area contributed by atoms with Crippen LogP contribution in [0.2, 0.25) is 0 Å². The summed E-state index contributed by atoms with van der Waals surface area (Å²) in [7, 11) is 0. The highest BCUT2D eigenvalue weighted by Crippen LogP contribution is 2.17. The minimum atomic E-state index is 0.249. The minimum Gasteiger partial charge on any atom is -0.316 e. The molecule has 0 aliphatic heterocycles. The molecule has 94 valence electrons. The Hall–Kier alpha value is -0.800. The van der Waals surface area contributed by atoms with Crippen LogP contribution in [0, 0.1) is 0 Å². The van der Waals surface area contributed by atoms with Gasteiger partial charge >= 0.3 is 0 Å². The molecular formula is C14H21NOS. The van der Waals surface area contributed by atoms with E-state index < -0.39 is 0 Å². The summed E-state index contributed by atoms with van der Waals surface area (Å²) >= 11 is 1.87. The van der Waals surface area contributed by atoms with Gasteiger partial charge < -0.3 is 5.32 Å². The number of carbonyl (C=O) groups excluding carboxylic acids is 1. The van der Waals surface area contributed by atoms with E-state index in [-0.39, 0.29) is 5.78 Å². The van der Waals surface area contributed by atoms with E-state index in [1.54, 1.807) is 6.92 Å². The number of Topliss-reactive ketones (excluding diaryl/α,β-unsaturated/α-hetero) is 1. The van der Waals surface area contributed by atoms with Crippen molar-refractivity contribution in [2.75, 3.05) is 18.8 Å². The Balaban J connectivity index is 2.20. The highest BCUT2D eigenvalue weighted by Gasteiger charge is 1.96. The van der Waals surface area contributed by atoms with Gasteiger partial charge in [-0.25, -0.2) is 0 Å². The molecule has 1 aromatic carbocycles. The zero-order chi connectivity index (χ0) is 12.5. The maximum atomic E-state index is 10.7. The number of nitrogens with one attached hydrogen (secondary N) is 1. The van der Waals surface area contributed by atoms with Gasteiger partial charge in [-0.05, 0) is 43.3 Å². The smallest absolute Gasteiger partial charge is 0.131 e. The molecule has 0 radical (unpaired) electrons. The number of thioether (sulfide) groups is 1. The second-order valence-electron chi connectivity index (χ2n) is 4.03. The van der Waals surface area contributed by atoms with Gasteiger partial charge in [0.05, 0.1) is 0 Å². The van der Waals surface area contributed by atoms with Crippen molar-refractivity contribution in [3.05, 3.63) is 29.8 Å². The van der Waals surface area contributed by atoms with E-state index in [0.717, 1.165) is 25.3 Å². The predicted octanol–water partition coefficient (Wildman–Crippen LogP) is 2.91. The highest BCUT2D eigenvalue weighted by atomic mass is 32.2. The van der Waals surface area contributed by atoms with Crippen molar-refractivity contribution < 1.29 is 4.79 Å². The van der Waals surface area contributed by atoms with Crippen molar-refractivity contribution in [2.24, 2.45) is 0 Å². The molecule has 0 saturated heterocycles. The Morgan fingerprint density at radius 1 is 1.24 bits per heavy atom. The summed E-state index contributed by atoms with van der Waals surface area (Å²) in [5, 5.41) is 3.28. The molecule has 0 bridgehead atoms. The first-order chi connectivity index (χ1) is 8.22. The summed E-state index contributed by atoms with van der Waals surface area (Å²) in [6, 6.07) is 8.73. The Labute approximate surface area is 108 Å². The molecule has 2 nitrogen and oxygen atoms in total. The zero-order valence-corrected chi connectivity index (χ0v) is 11.5. The maximum Gasteiger partial charge on any atom is 0.131 e. The summed E-state index contributed by atoms with van der Waals surface area (Å²) in [4.78, 5) is 12.1. The van der Waals surface area contributed by atoms with Gasteiger partial charge in [0.25, 0.3) is 0 Å². The van der Waals surface area contributed by atoms with Crippen LogP contribution in [-0.4, -0.2) is 24.6 Å². The van der Waals surface area contributed by atoms with Gasteiger partial charge in [0.1, 0.15) is 5.78 Å². The predicted molar refractivity (Wildman–Crippen MR) is 74.7 cm³/mol. The molecule has 0 saturated carbocycles. The topological polar surface area (TPSA) is 29.1 Å². The molecule has 0 amide bonds. The van der Waals surface area contributed by atoms with Crippen molar-refractivity contribution in [1.29, 1.82) is 0 Å². The van der Waals surface area contributed by atoms with Crippen LogP contribution in [0.4, 0.5) is 0 Å². The normalized spacial score (nSPS) is 10.5. The third-order valence-corrected chi connectivity index (χ3v) is 3.37. The fourth-order valence-corrected chi connectivity index (χ4v) is 2.20. The Bertz CT molecular complexity index is 335. The van der Waals surface area contributed by atoms with E-state index in [0.29, 0.717) is 6.42 Å². The summed E-state index contributed by atoms with van der Waals surface area (Å²) in [6.07, 6.45) is 1.65. The molecule has 0 unspecified atom stereocenters. The zero-order valence-electron chi connectivity index (χ0n) is 10.7. The van der Waals surface area contributed by atoms with Crippen LogP contribution < -0.4 is 5.32 Å². The van der Waals surface area contributed by atoms with Gasteiger partial charge in [-0.15, -0.1) is 11.8 Å². The second kappa shape index (κ2) is 8.31. The van der Waals surface area contributed by atoms with Gasteiger partial charge in [0.2, 0.25) is 0 Å². The van der Waals surface area contributed by atoms with E-state index in [2.05, 4.69) is 36.5 Å². The molecule has 0 atom stereocenters. The number of ketones is 1. The van der Waals surface area contributed by atoms with Crippen LogP contribution in [0.1, 0.15) is 25.8 Å². The fourth-order valence-electron chi connectivity index (χ4n) is 1.54. The Morgan fingerprint density at radius 3 is 2.53 bits per heavy atom. The van der Waals surface area contributed by atoms with E-state index in [4.69, 9.17) is 0 Å². The molecule has 17 heavy (non-hydrogen) atoms. The molecule has 1 N–H and O–H groups in total. The van der Waals surface area contributed by atoms with Crippen molar-refractivity contribution in [3.8, 4) is 0 Å².